The summed E-state index contributed by atoms with van der Waals surface area (Å²) in [5.74, 6) is -0.324. The highest BCUT2D eigenvalue weighted by molar-refractivity contribution is 6.60. The number of anilines is 6. The summed E-state index contributed by atoms with van der Waals surface area (Å²) < 4.78 is 42.7. The fraction of sp³-hybridized carbons (Fsp3) is 0.323. The van der Waals surface area contributed by atoms with E-state index in [-0.39, 0.29) is 17.9 Å². The van der Waals surface area contributed by atoms with E-state index < -0.39 is 23.0 Å². The van der Waals surface area contributed by atoms with E-state index in [1.165, 1.54) is 5.56 Å². The van der Waals surface area contributed by atoms with E-state index in [1.54, 1.807) is 49.6 Å². The molecule has 6 rings (SSSR count). The van der Waals surface area contributed by atoms with Gasteiger partial charge in [-0.25, -0.2) is 4.79 Å². The summed E-state index contributed by atoms with van der Waals surface area (Å²) in [6.45, 7) is 15.7. The molecule has 76 heavy (non-hydrogen) atoms. The maximum Gasteiger partial charge on any atom is 0.500 e. The number of nitrogens with zero attached hydrogens (tertiary/aromatic N) is 2. The van der Waals surface area contributed by atoms with E-state index in [1.807, 2.05) is 44.2 Å². The number of rotatable bonds is 27. The number of hydrogen-bond donors (Lipinski definition) is 0. The van der Waals surface area contributed by atoms with E-state index in [9.17, 15) is 9.59 Å². The number of carbonyl (C=O) groups excluding carboxylic acids is 2. The third kappa shape index (κ3) is 18.7. The average molecular weight is 1070 g/mol. The van der Waals surface area contributed by atoms with Gasteiger partial charge in [-0.1, -0.05) is 123 Å². The maximum atomic E-state index is 13.0. The number of benzene rings is 6. The Labute approximate surface area is 455 Å². The molecule has 0 saturated heterocycles. The highest BCUT2D eigenvalue weighted by Gasteiger charge is 2.38. The topological polar surface area (TPSA) is 114 Å². The fourth-order valence-electron chi connectivity index (χ4n) is 8.39. The van der Waals surface area contributed by atoms with Crippen LogP contribution in [0.15, 0.2) is 189 Å². The Morgan fingerprint density at radius 1 is 0.526 bits per heavy atom. The predicted molar refractivity (Wildman–Crippen MR) is 313 cm³/mol. The first-order valence-corrected chi connectivity index (χ1v) is 29.5. The second-order valence-electron chi connectivity index (χ2n) is 18.4. The van der Waals surface area contributed by atoms with Gasteiger partial charge in [0.05, 0.1) is 18.6 Å². The van der Waals surface area contributed by atoms with Gasteiger partial charge in [0.2, 0.25) is 0 Å². The first-order chi connectivity index (χ1) is 36.7. The molecule has 0 aliphatic rings. The molecule has 0 fully saturated rings. The molecule has 0 aliphatic carbocycles. The minimum Gasteiger partial charge on any atom is -0.465 e. The molecule has 0 N–H and O–H groups in total. The van der Waals surface area contributed by atoms with Crippen molar-refractivity contribution in [3.63, 3.8) is 0 Å². The molecule has 0 spiro atoms. The van der Waals surface area contributed by atoms with Crippen LogP contribution >= 0.6 is 0 Å². The van der Waals surface area contributed by atoms with Gasteiger partial charge in [-0.05, 0) is 136 Å². The Hall–Kier alpha value is -6.47. The predicted octanol–water partition coefficient (Wildman–Crippen LogP) is 15.1. The zero-order valence-electron chi connectivity index (χ0n) is 46.4. The van der Waals surface area contributed by atoms with Crippen LogP contribution in [-0.2, 0) is 45.6 Å². The summed E-state index contributed by atoms with van der Waals surface area (Å²) >= 11 is 0. The van der Waals surface area contributed by atoms with Gasteiger partial charge < -0.3 is 45.8 Å². The summed E-state index contributed by atoms with van der Waals surface area (Å²) in [7, 11) is 4.24. The average Bonchev–Trinajstić information content (AvgIpc) is 3.47. The number of para-hydroxylation sites is 4. The van der Waals surface area contributed by atoms with Crippen LogP contribution in [0.1, 0.15) is 70.4 Å². The van der Waals surface area contributed by atoms with Gasteiger partial charge >= 0.3 is 29.5 Å². The van der Waals surface area contributed by atoms with Crippen molar-refractivity contribution in [2.45, 2.75) is 71.4 Å². The van der Waals surface area contributed by atoms with Crippen molar-refractivity contribution in [3.8, 4) is 0 Å². The van der Waals surface area contributed by atoms with Crippen molar-refractivity contribution in [2.24, 2.45) is 5.41 Å². The van der Waals surface area contributed by atoms with Crippen LogP contribution in [0.5, 0.6) is 0 Å². The van der Waals surface area contributed by atoms with Crippen LogP contribution in [0.3, 0.4) is 0 Å². The summed E-state index contributed by atoms with van der Waals surface area (Å²) in [6, 6.07) is 59.9. The highest BCUT2D eigenvalue weighted by Crippen LogP contribution is 2.39. The summed E-state index contributed by atoms with van der Waals surface area (Å²) in [6.07, 6.45) is 4.76. The lowest BCUT2D eigenvalue weighted by molar-refractivity contribution is -0.154. The maximum absolute atomic E-state index is 13.0. The normalized spacial score (nSPS) is 11.7. The number of carbonyl (C=O) groups is 2. The van der Waals surface area contributed by atoms with Crippen LogP contribution < -0.4 is 9.80 Å². The van der Waals surface area contributed by atoms with E-state index in [0.29, 0.717) is 50.1 Å². The summed E-state index contributed by atoms with van der Waals surface area (Å²) in [4.78, 5) is 28.6. The highest BCUT2D eigenvalue weighted by atomic mass is 28.4. The molecular weight excluding hydrogens is 989 g/mol. The molecule has 6 aromatic carbocycles. The van der Waals surface area contributed by atoms with Crippen molar-refractivity contribution in [1.82, 2.24) is 0 Å². The van der Waals surface area contributed by atoms with Crippen molar-refractivity contribution < 1.29 is 45.6 Å². The molecule has 1 unspecified atom stereocenters. The zero-order chi connectivity index (χ0) is 55.4. The SMILES string of the molecule is C=C(C)C(=O)OCCC[Si](OC)(OC)OC.C=Cc1ccc(N(c2ccccc2)c2ccccc2)cc1.CCC(CC(C)(C)C(=O)OCCC[Si](OC)(OC)OC)c1ccc(N(c2ccccc2)c2ccccc2)cc1. The van der Waals surface area contributed by atoms with Crippen LogP contribution in [0.2, 0.25) is 12.1 Å². The monoisotopic (exact) mass is 1070 g/mol. The lowest BCUT2D eigenvalue weighted by Crippen LogP contribution is -2.42. The van der Waals surface area contributed by atoms with Gasteiger partial charge in [-0.3, -0.25) is 4.79 Å². The van der Waals surface area contributed by atoms with Gasteiger partial charge in [-0.2, -0.15) is 0 Å². The van der Waals surface area contributed by atoms with E-state index >= 15 is 0 Å². The minimum atomic E-state index is -2.66. The van der Waals surface area contributed by atoms with Gasteiger partial charge in [-0.15, -0.1) is 0 Å². The summed E-state index contributed by atoms with van der Waals surface area (Å²) in [5, 5.41) is 0. The lowest BCUT2D eigenvalue weighted by atomic mass is 9.79. The minimum absolute atomic E-state index is 0.184. The van der Waals surface area contributed by atoms with Gasteiger partial charge in [0.15, 0.2) is 0 Å². The molecule has 0 saturated carbocycles. The molecule has 0 amide bonds. The third-order valence-electron chi connectivity index (χ3n) is 12.8. The molecule has 0 heterocycles. The second-order valence-corrected chi connectivity index (χ2v) is 24.6. The molecular formula is C62H80N2O10Si2. The van der Waals surface area contributed by atoms with Gasteiger partial charge in [0.1, 0.15) is 0 Å². The molecule has 14 heteroatoms. The molecule has 6 aromatic rings. The third-order valence-corrected chi connectivity index (χ3v) is 18.5. The van der Waals surface area contributed by atoms with Gasteiger partial charge in [0.25, 0.3) is 0 Å². The van der Waals surface area contributed by atoms with Crippen LogP contribution in [0.25, 0.3) is 6.08 Å². The van der Waals surface area contributed by atoms with Crippen LogP contribution in [0.4, 0.5) is 34.1 Å². The number of esters is 2. The molecule has 406 valence electrons. The Kier molecular flexibility index (Phi) is 26.3. The van der Waals surface area contributed by atoms with Crippen LogP contribution in [-0.4, -0.2) is 85.4 Å². The van der Waals surface area contributed by atoms with Crippen molar-refractivity contribution in [3.05, 3.63) is 200 Å². The first-order valence-electron chi connectivity index (χ1n) is 25.6. The molecule has 0 aromatic heterocycles. The van der Waals surface area contributed by atoms with E-state index in [2.05, 4.69) is 175 Å². The second kappa shape index (κ2) is 32.2. The molecule has 0 bridgehead atoms. The molecule has 12 nitrogen and oxygen atoms in total. The summed E-state index contributed by atoms with van der Waals surface area (Å²) in [5.41, 5.74) is 8.86. The van der Waals surface area contributed by atoms with Crippen molar-refractivity contribution in [2.75, 3.05) is 65.7 Å². The van der Waals surface area contributed by atoms with E-state index in [4.69, 9.17) is 36.0 Å². The smallest absolute Gasteiger partial charge is 0.465 e. The molecule has 0 aliphatic heterocycles. The largest absolute Gasteiger partial charge is 0.500 e. The number of hydrogen-bond acceptors (Lipinski definition) is 12. The Balaban J connectivity index is 0.000000281. The Bertz CT molecular complexity index is 2500. The van der Waals surface area contributed by atoms with Crippen molar-refractivity contribution in [1.29, 1.82) is 0 Å². The zero-order valence-corrected chi connectivity index (χ0v) is 48.4. The Morgan fingerprint density at radius 2 is 0.855 bits per heavy atom. The lowest BCUT2D eigenvalue weighted by Gasteiger charge is -2.29. The van der Waals surface area contributed by atoms with E-state index in [0.717, 1.165) is 46.1 Å². The Morgan fingerprint density at radius 3 is 1.17 bits per heavy atom. The van der Waals surface area contributed by atoms with Gasteiger partial charge in [0, 0.05) is 94.4 Å². The van der Waals surface area contributed by atoms with Crippen molar-refractivity contribution >= 4 is 69.7 Å². The molecule has 0 radical (unpaired) electrons. The number of ether oxygens (including phenoxy) is 2. The van der Waals surface area contributed by atoms with Crippen LogP contribution in [0, 0.1) is 5.41 Å². The molecule has 1 atom stereocenters. The standard InChI is InChI=1S/C32H43NO5Si.C20H17N.C10H20O5Si/c1-7-26(25-32(2,3)31(34)38-23-14-24-39(35-4,36-5)37-6)27-19-21-30(22-20-27)33(28-15-10-8-11-16-28)29-17-12-9-13-18-29;1-2-17-13-15-20(16-14-17)21(18-9-5-3-6-10-18)19-11-7-4-8-12-19;1-9(2)10(11)15-7-6-8-16(12-3,13-4)14-5/h8-13,15-22,26H,7,14,23-25H2,1-6H3;2-16H,1H2;1,6-8H2,2-5H3. The first kappa shape index (κ1) is 62.1. The fourth-order valence-corrected chi connectivity index (χ4v) is 11.8. The quantitative estimate of drug-likeness (QED) is 0.0212.